The van der Waals surface area contributed by atoms with Gasteiger partial charge in [-0.15, -0.1) is 0 Å². The number of aromatic nitrogens is 1. The number of nitrogens with zero attached hydrogens (tertiary/aromatic N) is 2. The van der Waals surface area contributed by atoms with E-state index in [1.54, 1.807) is 18.1 Å². The van der Waals surface area contributed by atoms with Gasteiger partial charge in [-0.05, 0) is 12.1 Å². The van der Waals surface area contributed by atoms with Gasteiger partial charge in [-0.3, -0.25) is 14.6 Å². The molecule has 0 saturated heterocycles. The first-order valence-electron chi connectivity index (χ1n) is 6.07. The SMILES string of the molecule is CC(=O)N[C@@H](CS)C(=O)N(C)CCc1ccccn1. The van der Waals surface area contributed by atoms with Gasteiger partial charge in [-0.1, -0.05) is 6.07 Å². The molecule has 0 bridgehead atoms. The van der Waals surface area contributed by atoms with Gasteiger partial charge in [0.05, 0.1) is 0 Å². The second-order valence-electron chi connectivity index (χ2n) is 4.27. The Hall–Kier alpha value is -1.56. The zero-order chi connectivity index (χ0) is 14.3. The number of rotatable bonds is 6. The van der Waals surface area contributed by atoms with Crippen molar-refractivity contribution in [2.45, 2.75) is 19.4 Å². The Morgan fingerprint density at radius 2 is 2.21 bits per heavy atom. The van der Waals surface area contributed by atoms with Crippen LogP contribution in [-0.2, 0) is 16.0 Å². The van der Waals surface area contributed by atoms with Gasteiger partial charge in [-0.25, -0.2) is 0 Å². The Bertz CT molecular complexity index is 425. The van der Waals surface area contributed by atoms with Crippen molar-refractivity contribution in [3.8, 4) is 0 Å². The Balaban J connectivity index is 2.49. The zero-order valence-corrected chi connectivity index (χ0v) is 12.1. The van der Waals surface area contributed by atoms with E-state index >= 15 is 0 Å². The summed E-state index contributed by atoms with van der Waals surface area (Å²) in [6.45, 7) is 1.94. The maximum absolute atomic E-state index is 12.1. The molecule has 0 fully saturated rings. The normalized spacial score (nSPS) is 11.7. The summed E-state index contributed by atoms with van der Waals surface area (Å²) in [5, 5.41) is 2.59. The van der Waals surface area contributed by atoms with Gasteiger partial charge in [-0.2, -0.15) is 12.6 Å². The molecule has 1 atom stereocenters. The minimum atomic E-state index is -0.574. The van der Waals surface area contributed by atoms with Crippen LogP contribution >= 0.6 is 12.6 Å². The molecule has 0 spiro atoms. The monoisotopic (exact) mass is 281 g/mol. The summed E-state index contributed by atoms with van der Waals surface area (Å²) in [6, 6.07) is 5.11. The lowest BCUT2D eigenvalue weighted by Gasteiger charge is -2.23. The molecule has 1 N–H and O–H groups in total. The number of hydrogen-bond donors (Lipinski definition) is 2. The van der Waals surface area contributed by atoms with E-state index in [9.17, 15) is 9.59 Å². The maximum atomic E-state index is 12.1. The van der Waals surface area contributed by atoms with E-state index < -0.39 is 6.04 Å². The van der Waals surface area contributed by atoms with Gasteiger partial charge in [0.25, 0.3) is 0 Å². The minimum absolute atomic E-state index is 0.138. The van der Waals surface area contributed by atoms with Crippen LogP contribution in [0.1, 0.15) is 12.6 Å². The summed E-state index contributed by atoms with van der Waals surface area (Å²) in [4.78, 5) is 28.9. The van der Waals surface area contributed by atoms with Gasteiger partial charge in [0.15, 0.2) is 0 Å². The van der Waals surface area contributed by atoms with E-state index in [2.05, 4.69) is 22.9 Å². The maximum Gasteiger partial charge on any atom is 0.245 e. The molecule has 0 aliphatic heterocycles. The third kappa shape index (κ3) is 5.30. The molecule has 19 heavy (non-hydrogen) atoms. The van der Waals surface area contributed by atoms with Crippen molar-refractivity contribution in [2.24, 2.45) is 0 Å². The van der Waals surface area contributed by atoms with Crippen LogP contribution in [0.25, 0.3) is 0 Å². The quantitative estimate of drug-likeness (QED) is 0.747. The molecule has 0 aliphatic rings. The highest BCUT2D eigenvalue weighted by Crippen LogP contribution is 2.00. The molecular weight excluding hydrogens is 262 g/mol. The highest BCUT2D eigenvalue weighted by Gasteiger charge is 2.21. The van der Waals surface area contributed by atoms with Crippen molar-refractivity contribution in [1.29, 1.82) is 0 Å². The van der Waals surface area contributed by atoms with Gasteiger partial charge in [0.1, 0.15) is 6.04 Å². The first-order chi connectivity index (χ1) is 9.04. The summed E-state index contributed by atoms with van der Waals surface area (Å²) >= 11 is 4.09. The lowest BCUT2D eigenvalue weighted by molar-refractivity contribution is -0.134. The molecule has 0 aromatic carbocycles. The largest absolute Gasteiger partial charge is 0.344 e. The highest BCUT2D eigenvalue weighted by atomic mass is 32.1. The summed E-state index contributed by atoms with van der Waals surface area (Å²) in [6.07, 6.45) is 2.41. The van der Waals surface area contributed by atoms with Crippen LogP contribution in [0.3, 0.4) is 0 Å². The molecule has 1 heterocycles. The minimum Gasteiger partial charge on any atom is -0.344 e. The second-order valence-corrected chi connectivity index (χ2v) is 4.63. The van der Waals surface area contributed by atoms with Crippen molar-refractivity contribution in [3.63, 3.8) is 0 Å². The van der Waals surface area contributed by atoms with Crippen LogP contribution < -0.4 is 5.32 Å². The van der Waals surface area contributed by atoms with E-state index in [-0.39, 0.29) is 17.6 Å². The number of amides is 2. The molecule has 1 aromatic rings. The number of nitrogens with one attached hydrogen (secondary N) is 1. The topological polar surface area (TPSA) is 62.3 Å². The van der Waals surface area contributed by atoms with Crippen molar-refractivity contribution < 1.29 is 9.59 Å². The average molecular weight is 281 g/mol. The van der Waals surface area contributed by atoms with Gasteiger partial charge < -0.3 is 10.2 Å². The Morgan fingerprint density at radius 1 is 1.47 bits per heavy atom. The molecule has 0 radical (unpaired) electrons. The number of pyridine rings is 1. The predicted octanol–water partition coefficient (Wildman–Crippen LogP) is 0.517. The summed E-state index contributed by atoms with van der Waals surface area (Å²) in [7, 11) is 1.71. The van der Waals surface area contributed by atoms with Crippen molar-refractivity contribution in [2.75, 3.05) is 19.3 Å². The fourth-order valence-corrected chi connectivity index (χ4v) is 1.88. The fraction of sp³-hybridized carbons (Fsp3) is 0.462. The Morgan fingerprint density at radius 3 is 2.74 bits per heavy atom. The van der Waals surface area contributed by atoms with E-state index in [1.807, 2.05) is 18.2 Å². The van der Waals surface area contributed by atoms with Crippen LogP contribution in [0.2, 0.25) is 0 Å². The van der Waals surface area contributed by atoms with Crippen LogP contribution in [0.15, 0.2) is 24.4 Å². The molecule has 0 aliphatic carbocycles. The Kier molecular flexibility index (Phi) is 6.35. The van der Waals surface area contributed by atoms with E-state index in [0.717, 1.165) is 5.69 Å². The van der Waals surface area contributed by atoms with E-state index in [4.69, 9.17) is 0 Å². The number of likely N-dealkylation sites (N-methyl/N-ethyl adjacent to an activating group) is 1. The summed E-state index contributed by atoms with van der Waals surface area (Å²) < 4.78 is 0. The number of hydrogen-bond acceptors (Lipinski definition) is 4. The van der Waals surface area contributed by atoms with Crippen molar-refractivity contribution in [1.82, 2.24) is 15.2 Å². The van der Waals surface area contributed by atoms with Gasteiger partial charge in [0.2, 0.25) is 11.8 Å². The van der Waals surface area contributed by atoms with Gasteiger partial charge in [0, 0.05) is 44.6 Å². The molecule has 2 amide bonds. The molecule has 1 rings (SSSR count). The second kappa shape index (κ2) is 7.78. The Labute approximate surface area is 118 Å². The van der Waals surface area contributed by atoms with Crippen LogP contribution in [0.4, 0.5) is 0 Å². The van der Waals surface area contributed by atoms with Crippen molar-refractivity contribution >= 4 is 24.4 Å². The molecule has 104 valence electrons. The summed E-state index contributed by atoms with van der Waals surface area (Å²) in [5.41, 5.74) is 0.934. The molecule has 6 heteroatoms. The zero-order valence-electron chi connectivity index (χ0n) is 11.2. The van der Waals surface area contributed by atoms with E-state index in [0.29, 0.717) is 13.0 Å². The number of carbonyl (C=O) groups excluding carboxylic acids is 2. The smallest absolute Gasteiger partial charge is 0.245 e. The van der Waals surface area contributed by atoms with Gasteiger partial charge >= 0.3 is 0 Å². The number of thiol groups is 1. The first-order valence-corrected chi connectivity index (χ1v) is 6.70. The van der Waals surface area contributed by atoms with Crippen LogP contribution in [0.5, 0.6) is 0 Å². The molecule has 1 aromatic heterocycles. The first kappa shape index (κ1) is 15.5. The molecule has 5 nitrogen and oxygen atoms in total. The number of carbonyl (C=O) groups is 2. The highest BCUT2D eigenvalue weighted by molar-refractivity contribution is 7.80. The third-order valence-corrected chi connectivity index (χ3v) is 3.03. The average Bonchev–Trinajstić information content (AvgIpc) is 2.42. The molecular formula is C13H19N3O2S. The lowest BCUT2D eigenvalue weighted by atomic mass is 10.2. The van der Waals surface area contributed by atoms with Crippen LogP contribution in [0, 0.1) is 0 Å². The third-order valence-electron chi connectivity index (χ3n) is 2.66. The fourth-order valence-electron chi connectivity index (χ4n) is 1.64. The van der Waals surface area contributed by atoms with Crippen molar-refractivity contribution in [3.05, 3.63) is 30.1 Å². The van der Waals surface area contributed by atoms with E-state index in [1.165, 1.54) is 6.92 Å². The lowest BCUT2D eigenvalue weighted by Crippen LogP contribution is -2.48. The van der Waals surface area contributed by atoms with Crippen LogP contribution in [-0.4, -0.2) is 47.1 Å². The standard InChI is InChI=1S/C13H19N3O2S/c1-10(17)15-12(9-19)13(18)16(2)8-6-11-5-3-4-7-14-11/h3-5,7,12,19H,6,8-9H2,1-2H3,(H,15,17)/t12-/m0/s1. The molecule has 0 unspecified atom stereocenters. The summed E-state index contributed by atoms with van der Waals surface area (Å²) in [5.74, 6) is -0.0848. The predicted molar refractivity (Wildman–Crippen MR) is 77.0 cm³/mol. The molecule has 0 saturated carbocycles.